The summed E-state index contributed by atoms with van der Waals surface area (Å²) in [5, 5.41) is 20.2. The van der Waals surface area contributed by atoms with Crippen molar-refractivity contribution in [2.75, 3.05) is 76.4 Å². The Balaban J connectivity index is 0.000000146. The second kappa shape index (κ2) is 24.7. The predicted molar refractivity (Wildman–Crippen MR) is 296 cm³/mol. The van der Waals surface area contributed by atoms with Gasteiger partial charge in [0.25, 0.3) is 17.7 Å². The zero-order valence-electron chi connectivity index (χ0n) is 47.4. The summed E-state index contributed by atoms with van der Waals surface area (Å²) >= 11 is 5.65. The maximum atomic E-state index is 14.1. The Hall–Kier alpha value is -8.90. The number of carbonyl (C=O) groups is 6. The van der Waals surface area contributed by atoms with Crippen molar-refractivity contribution in [2.45, 2.75) is 90.1 Å². The lowest BCUT2D eigenvalue weighted by Crippen LogP contribution is -2.40. The number of hydrogen-bond acceptors (Lipinski definition) is 9. The first-order valence-corrected chi connectivity index (χ1v) is 27.9. The molecule has 0 saturated heterocycles. The monoisotopic (exact) mass is 1260 g/mol. The van der Waals surface area contributed by atoms with Crippen molar-refractivity contribution in [1.82, 2.24) is 58.7 Å². The SMILES string of the molecule is CN1CC(F)Cn2nc3c(c2C1=O)CN(C(=O)Nc1cc(Cl)c(F)cc1F)CC3.CN1CC(F)Cn2nc3c(c2C1=O)CN(C(=O)Nc1ccc(F)c(C(F)(F)F)c1)CC3.Cc1cc(NC(=O)N2CCc3nn4c(c3C2)C(=O)N(C)CC(F)C4)ccc1F. The molecule has 9 heterocycles. The number of amides is 9. The van der Waals surface area contributed by atoms with E-state index in [1.807, 2.05) is 0 Å². The standard InChI is InChI=1S/C19H18F5N5O2.C19H21F2N5O2.C18H17ClF3N5O2/c1-27-7-10(20)8-29-16(17(27)30)12-9-28(5-4-15(12)26-29)18(31)25-11-2-3-14(21)13(6-11)19(22,23)24;1-11-7-13(3-4-15(11)21)22-19(28)25-6-5-16-14(10-25)17-18(27)24(2)8-12(20)9-26(17)23-16;1-25-6-9(20)7-27-16(17(25)28)10-8-26(3-2-14(10)24-27)18(29)23-15-4-11(19)12(21)5-13(15)22/h2-3,6,10H,4-5,7-9H2,1H3,(H,25,31);3-4,7,12H,5-6,8-10H2,1-2H3,(H,22,28);4-5,9H,2-3,6-8H2,1H3,(H,23,29). The van der Waals surface area contributed by atoms with Crippen molar-refractivity contribution in [2.24, 2.45) is 0 Å². The number of fused-ring (bicyclic) bond motifs is 9. The van der Waals surface area contributed by atoms with Crippen molar-refractivity contribution in [1.29, 1.82) is 0 Å². The molecule has 0 fully saturated rings. The van der Waals surface area contributed by atoms with E-state index in [1.54, 1.807) is 24.9 Å². The second-order valence-electron chi connectivity index (χ2n) is 21.9. The maximum absolute atomic E-state index is 14.1. The van der Waals surface area contributed by atoms with Crippen LogP contribution in [0.1, 0.15) is 76.4 Å². The van der Waals surface area contributed by atoms with Gasteiger partial charge in [0.05, 0.1) is 92.3 Å². The largest absolute Gasteiger partial charge is 0.419 e. The van der Waals surface area contributed by atoms with Gasteiger partial charge in [-0.25, -0.2) is 45.1 Å². The van der Waals surface area contributed by atoms with Gasteiger partial charge in [-0.3, -0.25) is 28.4 Å². The number of benzene rings is 3. The third kappa shape index (κ3) is 12.9. The smallest absolute Gasteiger partial charge is 0.337 e. The minimum absolute atomic E-state index is 0.0135. The number of carbonyl (C=O) groups excluding carboxylic acids is 6. The Morgan fingerprint density at radius 2 is 0.886 bits per heavy atom. The number of hydrogen-bond donors (Lipinski definition) is 3. The van der Waals surface area contributed by atoms with E-state index in [9.17, 15) is 72.7 Å². The molecule has 0 bridgehead atoms. The van der Waals surface area contributed by atoms with Crippen LogP contribution in [0.2, 0.25) is 5.02 Å². The van der Waals surface area contributed by atoms with Crippen molar-refractivity contribution in [3.8, 4) is 0 Å². The van der Waals surface area contributed by atoms with Gasteiger partial charge in [0.2, 0.25) is 0 Å². The molecule has 32 heteroatoms. The van der Waals surface area contributed by atoms with Crippen LogP contribution >= 0.6 is 11.6 Å². The van der Waals surface area contributed by atoms with Gasteiger partial charge in [0.1, 0.15) is 58.9 Å². The van der Waals surface area contributed by atoms with Gasteiger partial charge in [0.15, 0.2) is 0 Å². The van der Waals surface area contributed by atoms with Gasteiger partial charge in [-0.1, -0.05) is 11.6 Å². The van der Waals surface area contributed by atoms with Crippen LogP contribution in [0.4, 0.5) is 75.3 Å². The van der Waals surface area contributed by atoms with E-state index in [4.69, 9.17) is 11.6 Å². The summed E-state index contributed by atoms with van der Waals surface area (Å²) in [5.74, 6) is -4.72. The normalized spacial score (nSPS) is 19.0. The highest BCUT2D eigenvalue weighted by atomic mass is 35.5. The molecule has 6 aliphatic heterocycles. The van der Waals surface area contributed by atoms with E-state index in [2.05, 4.69) is 31.2 Å². The molecular formula is C56H56ClF10N15O6. The Kier molecular flexibility index (Phi) is 17.4. The molecule has 3 atom stereocenters. The number of alkyl halides is 6. The number of aromatic nitrogens is 6. The van der Waals surface area contributed by atoms with E-state index in [0.29, 0.717) is 89.0 Å². The quantitative estimate of drug-likeness (QED) is 0.115. The van der Waals surface area contributed by atoms with Crippen molar-refractivity contribution >= 4 is 64.5 Å². The number of nitrogens with one attached hydrogen (secondary N) is 3. The van der Waals surface area contributed by atoms with Gasteiger partial charge in [-0.15, -0.1) is 0 Å². The molecule has 468 valence electrons. The minimum Gasteiger partial charge on any atom is -0.337 e. The molecule has 0 spiro atoms. The lowest BCUT2D eigenvalue weighted by Gasteiger charge is -2.27. The van der Waals surface area contributed by atoms with Crippen LogP contribution in [0, 0.1) is 30.2 Å². The lowest BCUT2D eigenvalue weighted by atomic mass is 10.0. The molecule has 9 amide bonds. The fourth-order valence-electron chi connectivity index (χ4n) is 11.1. The topological polar surface area (TPSA) is 211 Å². The van der Waals surface area contributed by atoms with E-state index in [0.717, 1.165) is 17.8 Å². The average molecular weight is 1260 g/mol. The van der Waals surface area contributed by atoms with Crippen LogP contribution < -0.4 is 16.0 Å². The zero-order chi connectivity index (χ0) is 63.4. The molecule has 6 aliphatic rings. The van der Waals surface area contributed by atoms with Crippen LogP contribution in [-0.2, 0) is 64.7 Å². The summed E-state index contributed by atoms with van der Waals surface area (Å²) in [5.41, 5.74) is 3.46. The number of aryl methyl sites for hydroxylation is 1. The Morgan fingerprint density at radius 3 is 1.27 bits per heavy atom. The molecule has 6 aromatic rings. The average Bonchev–Trinajstić information content (AvgIpc) is 1.81. The molecule has 12 rings (SSSR count). The predicted octanol–water partition coefficient (Wildman–Crippen LogP) is 8.23. The summed E-state index contributed by atoms with van der Waals surface area (Å²) in [6.45, 7) is 2.60. The number of nitrogens with zero attached hydrogens (tertiary/aromatic N) is 12. The van der Waals surface area contributed by atoms with Gasteiger partial charge in [-0.05, 0) is 55.0 Å². The van der Waals surface area contributed by atoms with Crippen molar-refractivity contribution in [3.63, 3.8) is 0 Å². The minimum atomic E-state index is -4.90. The Labute approximate surface area is 499 Å². The van der Waals surface area contributed by atoms with Crippen LogP contribution in [0.5, 0.6) is 0 Å². The first-order valence-electron chi connectivity index (χ1n) is 27.5. The van der Waals surface area contributed by atoms with Crippen LogP contribution in [0.3, 0.4) is 0 Å². The summed E-state index contributed by atoms with van der Waals surface area (Å²) in [7, 11) is 4.55. The first kappa shape index (κ1) is 62.2. The Morgan fingerprint density at radius 1 is 0.511 bits per heavy atom. The summed E-state index contributed by atoms with van der Waals surface area (Å²) in [6.07, 6.45) is -7.45. The third-order valence-corrected chi connectivity index (χ3v) is 15.8. The molecule has 3 aromatic carbocycles. The fourth-order valence-corrected chi connectivity index (χ4v) is 11.3. The summed E-state index contributed by atoms with van der Waals surface area (Å²) in [4.78, 5) is 84.1. The maximum Gasteiger partial charge on any atom is 0.419 e. The number of rotatable bonds is 3. The van der Waals surface area contributed by atoms with E-state index >= 15 is 0 Å². The highest BCUT2D eigenvalue weighted by Crippen LogP contribution is 2.35. The van der Waals surface area contributed by atoms with E-state index in [-0.39, 0.29) is 123 Å². The number of urea groups is 3. The summed E-state index contributed by atoms with van der Waals surface area (Å²) in [6, 6.07) is 6.46. The molecule has 3 aromatic heterocycles. The lowest BCUT2D eigenvalue weighted by molar-refractivity contribution is -0.139. The third-order valence-electron chi connectivity index (χ3n) is 15.5. The van der Waals surface area contributed by atoms with E-state index < -0.39 is 65.7 Å². The molecule has 3 unspecified atom stereocenters. The fraction of sp³-hybridized carbons (Fsp3) is 0.411. The molecule has 3 N–H and O–H groups in total. The Bertz CT molecular complexity index is 3780. The number of halogens is 11. The highest BCUT2D eigenvalue weighted by Gasteiger charge is 2.39. The zero-order valence-corrected chi connectivity index (χ0v) is 48.2. The second-order valence-corrected chi connectivity index (χ2v) is 22.3. The number of anilines is 3. The van der Waals surface area contributed by atoms with Crippen LogP contribution in [0.15, 0.2) is 48.5 Å². The molecule has 0 aliphatic carbocycles. The van der Waals surface area contributed by atoms with Crippen molar-refractivity contribution in [3.05, 3.63) is 139 Å². The highest BCUT2D eigenvalue weighted by molar-refractivity contribution is 6.31. The van der Waals surface area contributed by atoms with Crippen LogP contribution in [-0.4, -0.2) is 173 Å². The van der Waals surface area contributed by atoms with Gasteiger partial charge in [-0.2, -0.15) is 28.5 Å². The molecule has 0 radical (unpaired) electrons. The van der Waals surface area contributed by atoms with Gasteiger partial charge >= 0.3 is 24.3 Å². The molecule has 21 nitrogen and oxygen atoms in total. The summed E-state index contributed by atoms with van der Waals surface area (Å²) < 4.78 is 139. The van der Waals surface area contributed by atoms with Gasteiger partial charge < -0.3 is 45.3 Å². The van der Waals surface area contributed by atoms with Crippen LogP contribution in [0.25, 0.3) is 0 Å². The molecule has 0 saturated carbocycles. The van der Waals surface area contributed by atoms with Crippen molar-refractivity contribution < 1.29 is 72.7 Å². The molecular weight excluding hydrogens is 1200 g/mol. The van der Waals surface area contributed by atoms with Gasteiger partial charge in [0, 0.05) is 94.2 Å². The molecule has 88 heavy (non-hydrogen) atoms. The van der Waals surface area contributed by atoms with E-state index in [1.165, 1.54) is 64.8 Å². The first-order chi connectivity index (χ1) is 41.6.